The number of carbonyl (C=O) groups excluding carboxylic acids is 3. The van der Waals surface area contributed by atoms with Gasteiger partial charge in [0.25, 0.3) is 0 Å². The number of amides is 1. The van der Waals surface area contributed by atoms with E-state index in [0.29, 0.717) is 46.2 Å². The van der Waals surface area contributed by atoms with Gasteiger partial charge < -0.3 is 24.4 Å². The summed E-state index contributed by atoms with van der Waals surface area (Å²) in [6.45, 7) is 2.59. The van der Waals surface area contributed by atoms with Crippen molar-refractivity contribution < 1.29 is 28.6 Å². The molecule has 4 aromatic rings. The SMILES string of the molecule is CCCOc1cccc(C(=O)[C@@H]2[C@H](C(=O)c3ccc4c(c3)OCO4)N3C=Cc4ccccc4[C@@H]3[C@@]23C(=O)Nc2ccccc23)c1. The monoisotopic (exact) mass is 598 g/mol. The molecule has 224 valence electrons. The molecule has 8 heteroatoms. The number of para-hydroxylation sites is 1. The summed E-state index contributed by atoms with van der Waals surface area (Å²) in [5.74, 6) is -0.385. The molecule has 4 aliphatic heterocycles. The van der Waals surface area contributed by atoms with Gasteiger partial charge in [0.05, 0.1) is 18.6 Å². The fourth-order valence-electron chi connectivity index (χ4n) is 7.53. The molecule has 1 saturated heterocycles. The van der Waals surface area contributed by atoms with E-state index in [0.717, 1.165) is 17.5 Å². The molecule has 0 radical (unpaired) electrons. The van der Waals surface area contributed by atoms with Crippen molar-refractivity contribution in [1.29, 1.82) is 0 Å². The molecule has 0 bridgehead atoms. The normalized spacial score (nSPS) is 23.4. The number of carbonyl (C=O) groups is 3. The number of rotatable bonds is 7. The summed E-state index contributed by atoms with van der Waals surface area (Å²) >= 11 is 0. The Bertz CT molecular complexity index is 1920. The van der Waals surface area contributed by atoms with E-state index in [1.165, 1.54) is 0 Å². The lowest BCUT2D eigenvalue weighted by atomic mass is 9.62. The Kier molecular flexibility index (Phi) is 6.27. The number of anilines is 1. The quantitative estimate of drug-likeness (QED) is 0.254. The van der Waals surface area contributed by atoms with Crippen LogP contribution in [0.2, 0.25) is 0 Å². The van der Waals surface area contributed by atoms with Gasteiger partial charge in [-0.25, -0.2) is 0 Å². The first-order chi connectivity index (χ1) is 22.0. The maximum atomic E-state index is 15.1. The first-order valence-electron chi connectivity index (χ1n) is 15.2. The van der Waals surface area contributed by atoms with E-state index < -0.39 is 23.4 Å². The van der Waals surface area contributed by atoms with Gasteiger partial charge in [0.1, 0.15) is 17.2 Å². The number of nitrogens with zero attached hydrogens (tertiary/aromatic N) is 1. The maximum absolute atomic E-state index is 15.1. The zero-order valence-corrected chi connectivity index (χ0v) is 24.6. The van der Waals surface area contributed by atoms with Crippen molar-refractivity contribution in [1.82, 2.24) is 4.90 Å². The van der Waals surface area contributed by atoms with Crippen LogP contribution in [-0.2, 0) is 10.2 Å². The summed E-state index contributed by atoms with van der Waals surface area (Å²) in [7, 11) is 0. The lowest BCUT2D eigenvalue weighted by Crippen LogP contribution is -2.49. The number of hydrogen-bond donors (Lipinski definition) is 1. The molecule has 0 unspecified atom stereocenters. The highest BCUT2D eigenvalue weighted by Gasteiger charge is 2.70. The van der Waals surface area contributed by atoms with Crippen molar-refractivity contribution in [2.45, 2.75) is 30.8 Å². The van der Waals surface area contributed by atoms with Gasteiger partial charge >= 0.3 is 0 Å². The summed E-state index contributed by atoms with van der Waals surface area (Å²) in [5.41, 5.74) is 2.50. The topological polar surface area (TPSA) is 94.2 Å². The van der Waals surface area contributed by atoms with Crippen LogP contribution in [0.15, 0.2) is 97.2 Å². The van der Waals surface area contributed by atoms with Crippen LogP contribution in [0.4, 0.5) is 5.69 Å². The Morgan fingerprint density at radius 2 is 1.71 bits per heavy atom. The van der Waals surface area contributed by atoms with Gasteiger partial charge in [-0.3, -0.25) is 14.4 Å². The number of Topliss-reactive ketones (excluding diaryl/α,β-unsaturated/α-hetero) is 2. The second kappa shape index (κ2) is 10.4. The highest BCUT2D eigenvalue weighted by atomic mass is 16.7. The Morgan fingerprint density at radius 3 is 2.60 bits per heavy atom. The van der Waals surface area contributed by atoms with E-state index >= 15 is 4.79 Å². The molecule has 4 atom stereocenters. The number of nitrogens with one attached hydrogen (secondary N) is 1. The molecule has 0 aromatic heterocycles. The third-order valence-electron chi connectivity index (χ3n) is 9.37. The molecule has 1 amide bonds. The average Bonchev–Trinajstić information content (AvgIpc) is 3.76. The minimum Gasteiger partial charge on any atom is -0.494 e. The fourth-order valence-corrected chi connectivity index (χ4v) is 7.53. The molecule has 4 aliphatic rings. The Morgan fingerprint density at radius 1 is 0.911 bits per heavy atom. The predicted molar refractivity (Wildman–Crippen MR) is 168 cm³/mol. The molecular formula is C37H30N2O6. The smallest absolute Gasteiger partial charge is 0.238 e. The Hall–Kier alpha value is -5.37. The number of hydrogen-bond acceptors (Lipinski definition) is 7. The van der Waals surface area contributed by atoms with Crippen LogP contribution in [0.5, 0.6) is 17.2 Å². The van der Waals surface area contributed by atoms with E-state index in [9.17, 15) is 9.59 Å². The molecule has 1 fully saturated rings. The second-order valence-corrected chi connectivity index (χ2v) is 11.8. The lowest BCUT2D eigenvalue weighted by molar-refractivity contribution is -0.122. The Balaban J connectivity index is 1.37. The van der Waals surface area contributed by atoms with Crippen molar-refractivity contribution in [3.8, 4) is 17.2 Å². The van der Waals surface area contributed by atoms with Crippen LogP contribution in [0.3, 0.4) is 0 Å². The van der Waals surface area contributed by atoms with E-state index in [-0.39, 0.29) is 24.3 Å². The van der Waals surface area contributed by atoms with Crippen LogP contribution in [0.25, 0.3) is 6.08 Å². The molecule has 45 heavy (non-hydrogen) atoms. The van der Waals surface area contributed by atoms with Gasteiger partial charge in [-0.1, -0.05) is 61.5 Å². The van der Waals surface area contributed by atoms with Gasteiger partial charge in [0, 0.05) is 23.0 Å². The predicted octanol–water partition coefficient (Wildman–Crippen LogP) is 6.19. The van der Waals surface area contributed by atoms with Gasteiger partial charge in [-0.15, -0.1) is 0 Å². The zero-order chi connectivity index (χ0) is 30.7. The van der Waals surface area contributed by atoms with E-state index in [2.05, 4.69) is 5.32 Å². The molecule has 1 spiro atoms. The summed E-state index contributed by atoms with van der Waals surface area (Å²) in [6.07, 6.45) is 4.63. The Labute approximate surface area is 260 Å². The maximum Gasteiger partial charge on any atom is 0.238 e. The summed E-state index contributed by atoms with van der Waals surface area (Å²) in [6, 6.07) is 25.8. The largest absolute Gasteiger partial charge is 0.494 e. The molecule has 8 nitrogen and oxygen atoms in total. The van der Waals surface area contributed by atoms with Gasteiger partial charge in [-0.2, -0.15) is 0 Å². The highest BCUT2D eigenvalue weighted by molar-refractivity contribution is 6.16. The average molecular weight is 599 g/mol. The third-order valence-corrected chi connectivity index (χ3v) is 9.37. The molecule has 1 N–H and O–H groups in total. The van der Waals surface area contributed by atoms with E-state index in [1.807, 2.05) is 78.7 Å². The number of ketones is 2. The summed E-state index contributed by atoms with van der Waals surface area (Å²) in [5, 5.41) is 3.09. The number of benzene rings is 4. The van der Waals surface area contributed by atoms with E-state index in [4.69, 9.17) is 14.2 Å². The molecule has 4 heterocycles. The minimum absolute atomic E-state index is 0.0712. The standard InChI is InChI=1S/C37H30N2O6/c1-2-18-43-25-10-7-9-23(19-25)33(40)31-32(34(41)24-14-15-29-30(20-24)45-21-44-29)39-17-16-22-8-3-4-11-26(22)35(39)37(31)27-12-5-6-13-28(27)38-36(37)42/h3-17,19-20,31-32,35H,2,18,21H2,1H3,(H,38,42)/t31-,32+,35+,37-/m0/s1. The van der Waals surface area contributed by atoms with Crippen LogP contribution in [-0.4, -0.2) is 41.8 Å². The third kappa shape index (κ3) is 3.94. The summed E-state index contributed by atoms with van der Waals surface area (Å²) in [4.78, 5) is 46.5. The molecular weight excluding hydrogens is 568 g/mol. The highest BCUT2D eigenvalue weighted by Crippen LogP contribution is 2.62. The summed E-state index contributed by atoms with van der Waals surface area (Å²) < 4.78 is 17.0. The van der Waals surface area contributed by atoms with E-state index in [1.54, 1.807) is 36.4 Å². The van der Waals surface area contributed by atoms with Crippen molar-refractivity contribution in [2.75, 3.05) is 18.7 Å². The number of ether oxygens (including phenoxy) is 3. The lowest BCUT2D eigenvalue weighted by Gasteiger charge is -2.38. The van der Waals surface area contributed by atoms with Gasteiger partial charge in [0.2, 0.25) is 12.7 Å². The zero-order valence-electron chi connectivity index (χ0n) is 24.6. The second-order valence-electron chi connectivity index (χ2n) is 11.8. The molecule has 4 aromatic carbocycles. The van der Waals surface area contributed by atoms with Crippen molar-refractivity contribution in [2.24, 2.45) is 5.92 Å². The van der Waals surface area contributed by atoms with Crippen molar-refractivity contribution >= 4 is 29.2 Å². The molecule has 0 saturated carbocycles. The van der Waals surface area contributed by atoms with Crippen molar-refractivity contribution in [3.63, 3.8) is 0 Å². The molecule has 8 rings (SSSR count). The van der Waals surface area contributed by atoms with Crippen LogP contribution in [0, 0.1) is 5.92 Å². The minimum atomic E-state index is -1.41. The number of fused-ring (bicyclic) bond motifs is 7. The fraction of sp³-hybridized carbons (Fsp3) is 0.216. The van der Waals surface area contributed by atoms with Crippen LogP contribution >= 0.6 is 0 Å². The van der Waals surface area contributed by atoms with Crippen LogP contribution in [0.1, 0.15) is 56.8 Å². The van der Waals surface area contributed by atoms with Crippen LogP contribution < -0.4 is 19.5 Å². The molecule has 0 aliphatic carbocycles. The van der Waals surface area contributed by atoms with Gasteiger partial charge in [-0.05, 0) is 65.6 Å². The van der Waals surface area contributed by atoms with Gasteiger partial charge in [0.15, 0.2) is 23.1 Å². The first-order valence-corrected chi connectivity index (χ1v) is 15.2. The van der Waals surface area contributed by atoms with Crippen molar-refractivity contribution in [3.05, 3.63) is 125 Å². The first kappa shape index (κ1) is 27.2.